The molecule has 0 saturated heterocycles. The number of sulfonamides is 1. The first-order chi connectivity index (χ1) is 15.5. The summed E-state index contributed by atoms with van der Waals surface area (Å²) in [6.45, 7) is 0. The minimum absolute atomic E-state index is 0.0316. The summed E-state index contributed by atoms with van der Waals surface area (Å²) in [4.78, 5) is 13.0. The molecule has 0 atom stereocenters. The summed E-state index contributed by atoms with van der Waals surface area (Å²) in [5.74, 6) is -0.190. The fourth-order valence-corrected chi connectivity index (χ4v) is 5.51. The molecule has 1 fully saturated rings. The Labute approximate surface area is 188 Å². The molecule has 0 spiro atoms. The van der Waals surface area contributed by atoms with E-state index in [9.17, 15) is 13.2 Å². The molecule has 32 heavy (non-hydrogen) atoms. The monoisotopic (exact) mass is 450 g/mol. The molecule has 3 aromatic carbocycles. The van der Waals surface area contributed by atoms with Crippen molar-refractivity contribution in [2.24, 2.45) is 0 Å². The van der Waals surface area contributed by atoms with Crippen molar-refractivity contribution in [2.75, 3.05) is 12.4 Å². The molecule has 0 radical (unpaired) electrons. The summed E-state index contributed by atoms with van der Waals surface area (Å²) in [5, 5.41) is 2.92. The van der Waals surface area contributed by atoms with Gasteiger partial charge >= 0.3 is 0 Å². The van der Waals surface area contributed by atoms with Crippen molar-refractivity contribution in [3.05, 3.63) is 78.4 Å². The topological polar surface area (TPSA) is 84.5 Å². The van der Waals surface area contributed by atoms with Crippen molar-refractivity contribution in [3.63, 3.8) is 0 Å². The number of benzene rings is 3. The normalized spacial score (nSPS) is 14.3. The van der Waals surface area contributed by atoms with Crippen LogP contribution in [0.5, 0.6) is 5.75 Å². The number of rotatable bonds is 7. The third-order valence-electron chi connectivity index (χ3n) is 5.65. The van der Waals surface area contributed by atoms with Gasteiger partial charge in [-0.15, -0.1) is 0 Å². The fourth-order valence-electron chi connectivity index (χ4n) is 4.01. The van der Waals surface area contributed by atoms with Crippen LogP contribution in [0.3, 0.4) is 0 Å². The molecule has 1 saturated carbocycles. The minimum Gasteiger partial charge on any atom is -0.495 e. The third kappa shape index (κ3) is 4.84. The van der Waals surface area contributed by atoms with E-state index in [1.165, 1.54) is 19.2 Å². The zero-order chi connectivity index (χ0) is 22.6. The van der Waals surface area contributed by atoms with Gasteiger partial charge in [-0.2, -0.15) is 0 Å². The smallest absolute Gasteiger partial charge is 0.255 e. The highest BCUT2D eigenvalue weighted by Gasteiger charge is 2.26. The van der Waals surface area contributed by atoms with Crippen LogP contribution in [0.15, 0.2) is 77.7 Å². The summed E-state index contributed by atoms with van der Waals surface area (Å²) in [5.41, 5.74) is 2.74. The molecule has 6 nitrogen and oxygen atoms in total. The summed E-state index contributed by atoms with van der Waals surface area (Å²) >= 11 is 0. The van der Waals surface area contributed by atoms with Gasteiger partial charge < -0.3 is 10.1 Å². The maximum absolute atomic E-state index is 13.1. The van der Waals surface area contributed by atoms with Crippen molar-refractivity contribution >= 4 is 21.6 Å². The van der Waals surface area contributed by atoms with Gasteiger partial charge in [0.05, 0.1) is 7.11 Å². The van der Waals surface area contributed by atoms with Crippen LogP contribution in [0.4, 0.5) is 5.69 Å². The average Bonchev–Trinajstić information content (AvgIpc) is 3.32. The molecule has 3 aromatic rings. The van der Waals surface area contributed by atoms with Crippen LogP contribution < -0.4 is 14.8 Å². The largest absolute Gasteiger partial charge is 0.495 e. The highest BCUT2D eigenvalue weighted by molar-refractivity contribution is 7.89. The third-order valence-corrected chi connectivity index (χ3v) is 7.19. The molecule has 2 N–H and O–H groups in total. The quantitative estimate of drug-likeness (QED) is 0.540. The van der Waals surface area contributed by atoms with Gasteiger partial charge in [-0.05, 0) is 42.7 Å². The number of carbonyl (C=O) groups excluding carboxylic acids is 1. The zero-order valence-corrected chi connectivity index (χ0v) is 18.7. The second-order valence-corrected chi connectivity index (χ2v) is 9.52. The van der Waals surface area contributed by atoms with Gasteiger partial charge in [-0.3, -0.25) is 4.79 Å². The maximum atomic E-state index is 13.1. The number of para-hydroxylation sites is 1. The number of methoxy groups -OCH3 is 1. The van der Waals surface area contributed by atoms with Crippen molar-refractivity contribution < 1.29 is 17.9 Å². The van der Waals surface area contributed by atoms with E-state index in [1.54, 1.807) is 6.07 Å². The molecule has 0 aromatic heterocycles. The first kappa shape index (κ1) is 22.0. The number of hydrogen-bond acceptors (Lipinski definition) is 4. The van der Waals surface area contributed by atoms with Crippen LogP contribution >= 0.6 is 0 Å². The molecule has 0 bridgehead atoms. The second-order valence-electron chi connectivity index (χ2n) is 7.83. The van der Waals surface area contributed by atoms with Crippen LogP contribution in [0.1, 0.15) is 36.0 Å². The number of carbonyl (C=O) groups is 1. The van der Waals surface area contributed by atoms with E-state index in [-0.39, 0.29) is 22.3 Å². The Balaban J connectivity index is 1.62. The fraction of sp³-hybridized carbons (Fsp3) is 0.240. The minimum atomic E-state index is -3.82. The standard InChI is InChI=1S/C25H26N2O4S/c1-31-23-16-15-19(17-24(23)32(29,30)27-20-11-5-6-12-20)25(28)26-22-14-8-7-13-21(22)18-9-3-2-4-10-18/h2-4,7-10,13-17,20,27H,5-6,11-12H2,1H3,(H,26,28). The Bertz CT molecular complexity index is 1200. The van der Waals surface area contributed by atoms with Gasteiger partial charge in [0.1, 0.15) is 10.6 Å². The summed E-state index contributed by atoms with van der Waals surface area (Å²) in [7, 11) is -2.41. The van der Waals surface area contributed by atoms with Crippen molar-refractivity contribution in [3.8, 4) is 16.9 Å². The number of anilines is 1. The van der Waals surface area contributed by atoms with E-state index in [2.05, 4.69) is 10.0 Å². The Morgan fingerprint density at radius 1 is 0.938 bits per heavy atom. The molecular weight excluding hydrogens is 424 g/mol. The van der Waals surface area contributed by atoms with Crippen LogP contribution in [0, 0.1) is 0 Å². The summed E-state index contributed by atoms with van der Waals surface area (Å²) in [6.07, 6.45) is 3.65. The molecule has 0 heterocycles. The van der Waals surface area contributed by atoms with Gasteiger partial charge in [0.15, 0.2) is 0 Å². The molecule has 166 valence electrons. The van der Waals surface area contributed by atoms with Crippen molar-refractivity contribution in [2.45, 2.75) is 36.6 Å². The van der Waals surface area contributed by atoms with Gasteiger partial charge in [-0.25, -0.2) is 13.1 Å². The molecule has 1 aliphatic rings. The lowest BCUT2D eigenvalue weighted by molar-refractivity contribution is 0.102. The molecule has 7 heteroatoms. The predicted molar refractivity (Wildman–Crippen MR) is 125 cm³/mol. The molecule has 1 amide bonds. The zero-order valence-electron chi connectivity index (χ0n) is 17.9. The molecule has 0 unspecified atom stereocenters. The van der Waals surface area contributed by atoms with Gasteiger partial charge in [-0.1, -0.05) is 61.4 Å². The van der Waals surface area contributed by atoms with E-state index in [4.69, 9.17) is 4.74 Å². The first-order valence-corrected chi connectivity index (χ1v) is 12.1. The van der Waals surface area contributed by atoms with E-state index in [0.717, 1.165) is 36.8 Å². The summed E-state index contributed by atoms with van der Waals surface area (Å²) in [6, 6.07) is 21.6. The van der Waals surface area contributed by atoms with E-state index in [0.29, 0.717) is 5.69 Å². The highest BCUT2D eigenvalue weighted by Crippen LogP contribution is 2.30. The maximum Gasteiger partial charge on any atom is 0.255 e. The molecular formula is C25H26N2O4S. The average molecular weight is 451 g/mol. The van der Waals surface area contributed by atoms with Crippen molar-refractivity contribution in [1.29, 1.82) is 0 Å². The van der Waals surface area contributed by atoms with Crippen LogP contribution in [-0.4, -0.2) is 27.5 Å². The molecule has 1 aliphatic carbocycles. The summed E-state index contributed by atoms with van der Waals surface area (Å²) < 4.78 is 34.1. The second kappa shape index (κ2) is 9.54. The molecule has 0 aliphatic heterocycles. The van der Waals surface area contributed by atoms with Crippen LogP contribution in [0.2, 0.25) is 0 Å². The van der Waals surface area contributed by atoms with Crippen LogP contribution in [-0.2, 0) is 10.0 Å². The number of hydrogen-bond donors (Lipinski definition) is 2. The van der Waals surface area contributed by atoms with Gasteiger partial charge in [0.25, 0.3) is 5.91 Å². The van der Waals surface area contributed by atoms with Gasteiger partial charge in [0.2, 0.25) is 10.0 Å². The van der Waals surface area contributed by atoms with Crippen molar-refractivity contribution in [1.82, 2.24) is 4.72 Å². The van der Waals surface area contributed by atoms with Gasteiger partial charge in [0, 0.05) is 22.9 Å². The Hall–Kier alpha value is -3.16. The number of ether oxygens (including phenoxy) is 1. The Kier molecular flexibility index (Phi) is 6.58. The SMILES string of the molecule is COc1ccc(C(=O)Nc2ccccc2-c2ccccc2)cc1S(=O)(=O)NC1CCCC1. The number of amides is 1. The van der Waals surface area contributed by atoms with E-state index in [1.807, 2.05) is 54.6 Å². The Morgan fingerprint density at radius 2 is 1.62 bits per heavy atom. The molecule has 4 rings (SSSR count). The lowest BCUT2D eigenvalue weighted by Gasteiger charge is -2.16. The Morgan fingerprint density at radius 3 is 2.34 bits per heavy atom. The number of nitrogens with one attached hydrogen (secondary N) is 2. The van der Waals surface area contributed by atoms with Crippen LogP contribution in [0.25, 0.3) is 11.1 Å². The van der Waals surface area contributed by atoms with E-state index >= 15 is 0 Å². The highest BCUT2D eigenvalue weighted by atomic mass is 32.2. The predicted octanol–water partition coefficient (Wildman–Crippen LogP) is 4.84. The lowest BCUT2D eigenvalue weighted by atomic mass is 10.0. The first-order valence-electron chi connectivity index (χ1n) is 10.6. The van der Waals surface area contributed by atoms with E-state index < -0.39 is 15.9 Å². The lowest BCUT2D eigenvalue weighted by Crippen LogP contribution is -2.33.